The number of amides is 2. The van der Waals surface area contributed by atoms with Crippen molar-refractivity contribution >= 4 is 23.4 Å². The Labute approximate surface area is 123 Å². The van der Waals surface area contributed by atoms with Gasteiger partial charge in [-0.15, -0.1) is 6.58 Å². The first-order valence-electron chi connectivity index (χ1n) is 6.52. The summed E-state index contributed by atoms with van der Waals surface area (Å²) in [5.74, 6) is -0.539. The standard InChI is InChI=1S/C15H17ClN2O2/c1-2-7-17-14(19)12-8-13(12)15(20)18-9-10-3-5-11(16)6-4-10/h2-6,12-13H,1,7-9H2,(H,17,19)(H,18,20). The van der Waals surface area contributed by atoms with Crippen LogP contribution >= 0.6 is 11.6 Å². The summed E-state index contributed by atoms with van der Waals surface area (Å²) in [4.78, 5) is 23.5. The molecule has 2 unspecified atom stereocenters. The third kappa shape index (κ3) is 3.84. The molecule has 0 radical (unpaired) electrons. The summed E-state index contributed by atoms with van der Waals surface area (Å²) in [6.07, 6.45) is 2.24. The molecule has 0 aromatic heterocycles. The fraction of sp³-hybridized carbons (Fsp3) is 0.333. The van der Waals surface area contributed by atoms with Crippen molar-refractivity contribution in [3.05, 3.63) is 47.5 Å². The molecule has 5 heteroatoms. The lowest BCUT2D eigenvalue weighted by Gasteiger charge is -2.05. The van der Waals surface area contributed by atoms with Gasteiger partial charge < -0.3 is 10.6 Å². The first kappa shape index (κ1) is 14.6. The van der Waals surface area contributed by atoms with E-state index in [1.165, 1.54) is 0 Å². The minimum absolute atomic E-state index is 0.0706. The summed E-state index contributed by atoms with van der Waals surface area (Å²) >= 11 is 5.79. The lowest BCUT2D eigenvalue weighted by molar-refractivity contribution is -0.127. The second-order valence-corrected chi connectivity index (χ2v) is 5.26. The van der Waals surface area contributed by atoms with Crippen LogP contribution in [0.4, 0.5) is 0 Å². The smallest absolute Gasteiger partial charge is 0.224 e. The zero-order chi connectivity index (χ0) is 14.5. The van der Waals surface area contributed by atoms with Gasteiger partial charge in [0.15, 0.2) is 0 Å². The number of benzene rings is 1. The fourth-order valence-corrected chi connectivity index (χ4v) is 2.13. The van der Waals surface area contributed by atoms with E-state index in [2.05, 4.69) is 17.2 Å². The van der Waals surface area contributed by atoms with Crippen molar-refractivity contribution < 1.29 is 9.59 Å². The Balaban J connectivity index is 1.75. The largest absolute Gasteiger partial charge is 0.352 e. The number of carbonyl (C=O) groups excluding carboxylic acids is 2. The van der Waals surface area contributed by atoms with Gasteiger partial charge in [0, 0.05) is 18.1 Å². The molecule has 20 heavy (non-hydrogen) atoms. The first-order valence-corrected chi connectivity index (χ1v) is 6.90. The van der Waals surface area contributed by atoms with Crippen LogP contribution in [0, 0.1) is 11.8 Å². The average Bonchev–Trinajstić information content (AvgIpc) is 3.24. The molecule has 106 valence electrons. The lowest BCUT2D eigenvalue weighted by Crippen LogP contribution is -2.30. The van der Waals surface area contributed by atoms with Crippen LogP contribution in [0.25, 0.3) is 0 Å². The Hall–Kier alpha value is -1.81. The van der Waals surface area contributed by atoms with Crippen LogP contribution in [0.1, 0.15) is 12.0 Å². The topological polar surface area (TPSA) is 58.2 Å². The fourth-order valence-electron chi connectivity index (χ4n) is 2.00. The zero-order valence-electron chi connectivity index (χ0n) is 11.1. The molecule has 2 atom stereocenters. The van der Waals surface area contributed by atoms with Gasteiger partial charge in [-0.3, -0.25) is 9.59 Å². The van der Waals surface area contributed by atoms with Crippen molar-refractivity contribution in [2.75, 3.05) is 6.54 Å². The van der Waals surface area contributed by atoms with Crippen molar-refractivity contribution in [2.45, 2.75) is 13.0 Å². The molecular weight excluding hydrogens is 276 g/mol. The molecule has 1 fully saturated rings. The highest BCUT2D eigenvalue weighted by Gasteiger charge is 2.47. The van der Waals surface area contributed by atoms with Crippen LogP contribution < -0.4 is 10.6 Å². The molecule has 2 rings (SSSR count). The second-order valence-electron chi connectivity index (χ2n) is 4.83. The van der Waals surface area contributed by atoms with Gasteiger partial charge in [0.2, 0.25) is 11.8 Å². The van der Waals surface area contributed by atoms with Crippen molar-refractivity contribution in [3.63, 3.8) is 0 Å². The van der Waals surface area contributed by atoms with E-state index in [0.717, 1.165) is 5.56 Å². The highest BCUT2D eigenvalue weighted by molar-refractivity contribution is 6.30. The van der Waals surface area contributed by atoms with Crippen LogP contribution in [0.3, 0.4) is 0 Å². The van der Waals surface area contributed by atoms with E-state index < -0.39 is 0 Å². The van der Waals surface area contributed by atoms with Gasteiger partial charge in [0.05, 0.1) is 11.8 Å². The van der Waals surface area contributed by atoms with Crippen molar-refractivity contribution in [1.29, 1.82) is 0 Å². The van der Waals surface area contributed by atoms with Crippen LogP contribution in [0.2, 0.25) is 5.02 Å². The van der Waals surface area contributed by atoms with E-state index in [1.54, 1.807) is 18.2 Å². The van der Waals surface area contributed by atoms with E-state index in [1.807, 2.05) is 12.1 Å². The quantitative estimate of drug-likeness (QED) is 0.787. The minimum atomic E-state index is -0.202. The summed E-state index contributed by atoms with van der Waals surface area (Å²) < 4.78 is 0. The number of hydrogen-bond donors (Lipinski definition) is 2. The zero-order valence-corrected chi connectivity index (χ0v) is 11.8. The summed E-state index contributed by atoms with van der Waals surface area (Å²) in [7, 11) is 0. The van der Waals surface area contributed by atoms with Gasteiger partial charge in [-0.1, -0.05) is 29.8 Å². The van der Waals surface area contributed by atoms with Gasteiger partial charge in [-0.25, -0.2) is 0 Å². The number of hydrogen-bond acceptors (Lipinski definition) is 2. The third-order valence-corrected chi connectivity index (χ3v) is 3.52. The van der Waals surface area contributed by atoms with E-state index in [0.29, 0.717) is 24.5 Å². The molecule has 0 aliphatic heterocycles. The van der Waals surface area contributed by atoms with E-state index >= 15 is 0 Å². The summed E-state index contributed by atoms with van der Waals surface area (Å²) in [5, 5.41) is 6.21. The lowest BCUT2D eigenvalue weighted by atomic mass is 10.2. The number of carbonyl (C=O) groups is 2. The molecule has 0 saturated heterocycles. The molecule has 1 aliphatic carbocycles. The van der Waals surface area contributed by atoms with E-state index in [4.69, 9.17) is 11.6 Å². The van der Waals surface area contributed by atoms with Gasteiger partial charge in [-0.2, -0.15) is 0 Å². The van der Waals surface area contributed by atoms with Crippen LogP contribution in [0.5, 0.6) is 0 Å². The van der Waals surface area contributed by atoms with Crippen molar-refractivity contribution in [2.24, 2.45) is 11.8 Å². The predicted molar refractivity (Wildman–Crippen MR) is 78.1 cm³/mol. The number of nitrogens with one attached hydrogen (secondary N) is 2. The summed E-state index contributed by atoms with van der Waals surface area (Å²) in [5.41, 5.74) is 0.982. The molecular formula is C15H17ClN2O2. The maximum Gasteiger partial charge on any atom is 0.224 e. The third-order valence-electron chi connectivity index (χ3n) is 3.26. The number of halogens is 1. The molecule has 0 bridgehead atoms. The van der Waals surface area contributed by atoms with E-state index in [-0.39, 0.29) is 23.7 Å². The molecule has 0 heterocycles. The molecule has 1 saturated carbocycles. The van der Waals surface area contributed by atoms with Gasteiger partial charge >= 0.3 is 0 Å². The molecule has 2 N–H and O–H groups in total. The maximum absolute atomic E-state index is 11.9. The Kier molecular flexibility index (Phi) is 4.79. The first-order chi connectivity index (χ1) is 9.61. The predicted octanol–water partition coefficient (Wildman–Crippen LogP) is 1.89. The monoisotopic (exact) mass is 292 g/mol. The van der Waals surface area contributed by atoms with Gasteiger partial charge in [-0.05, 0) is 24.1 Å². The molecule has 2 amide bonds. The Morgan fingerprint density at radius 1 is 1.20 bits per heavy atom. The Morgan fingerprint density at radius 2 is 1.80 bits per heavy atom. The van der Waals surface area contributed by atoms with Gasteiger partial charge in [0.1, 0.15) is 0 Å². The second kappa shape index (κ2) is 6.57. The molecule has 1 aliphatic rings. The summed E-state index contributed by atoms with van der Waals surface area (Å²) in [6, 6.07) is 7.30. The summed E-state index contributed by atoms with van der Waals surface area (Å²) in [6.45, 7) is 4.42. The van der Waals surface area contributed by atoms with Crippen molar-refractivity contribution in [1.82, 2.24) is 10.6 Å². The Bertz CT molecular complexity index is 513. The van der Waals surface area contributed by atoms with Gasteiger partial charge in [0.25, 0.3) is 0 Å². The van der Waals surface area contributed by atoms with Crippen LogP contribution in [0.15, 0.2) is 36.9 Å². The van der Waals surface area contributed by atoms with E-state index in [9.17, 15) is 9.59 Å². The SMILES string of the molecule is C=CCNC(=O)C1CC1C(=O)NCc1ccc(Cl)cc1. The molecule has 1 aromatic carbocycles. The van der Waals surface area contributed by atoms with Crippen LogP contribution in [-0.4, -0.2) is 18.4 Å². The molecule has 1 aromatic rings. The minimum Gasteiger partial charge on any atom is -0.352 e. The highest BCUT2D eigenvalue weighted by atomic mass is 35.5. The average molecular weight is 293 g/mol. The Morgan fingerprint density at radius 3 is 2.40 bits per heavy atom. The molecule has 4 nitrogen and oxygen atoms in total. The van der Waals surface area contributed by atoms with Crippen LogP contribution in [-0.2, 0) is 16.1 Å². The molecule has 0 spiro atoms. The highest BCUT2D eigenvalue weighted by Crippen LogP contribution is 2.38. The number of rotatable bonds is 6. The normalized spacial score (nSPS) is 20.1. The van der Waals surface area contributed by atoms with Crippen molar-refractivity contribution in [3.8, 4) is 0 Å². The maximum atomic E-state index is 11.9.